The molecule has 0 bridgehead atoms. The fraction of sp³-hybridized carbons (Fsp3) is 0.467. The third-order valence-corrected chi connectivity index (χ3v) is 5.83. The predicted molar refractivity (Wildman–Crippen MR) is 105 cm³/mol. The lowest BCUT2D eigenvalue weighted by Gasteiger charge is -2.24. The lowest BCUT2D eigenvalue weighted by molar-refractivity contribution is -0.118. The van der Waals surface area contributed by atoms with E-state index in [1.54, 1.807) is 4.90 Å². The molecule has 0 aliphatic carbocycles. The topological polar surface area (TPSA) is 73.8 Å². The Morgan fingerprint density at radius 2 is 1.80 bits per heavy atom. The van der Waals surface area contributed by atoms with Gasteiger partial charge < -0.3 is 4.90 Å². The first-order valence-corrected chi connectivity index (χ1v) is 10.1. The standard InChI is InChI=1S/C15H22N4O3S2.ClH/c1-17(2)9-10-19(14(20)11-18(3)24(4,21)22)15-16-12-7-5-6-8-13(12)23-15;/h5-8H,9-11H2,1-4H3;1H. The van der Waals surface area contributed by atoms with Crippen molar-refractivity contribution >= 4 is 55.0 Å². The number of likely N-dealkylation sites (N-methyl/N-ethyl adjacent to an activating group) is 2. The minimum atomic E-state index is -3.41. The van der Waals surface area contributed by atoms with Crippen LogP contribution in [0.15, 0.2) is 24.3 Å². The molecule has 0 N–H and O–H groups in total. The van der Waals surface area contributed by atoms with Crippen LogP contribution in [0.4, 0.5) is 5.13 Å². The summed E-state index contributed by atoms with van der Waals surface area (Å²) < 4.78 is 25.2. The molecule has 7 nitrogen and oxygen atoms in total. The Morgan fingerprint density at radius 3 is 2.36 bits per heavy atom. The molecule has 0 saturated carbocycles. The average molecular weight is 407 g/mol. The Labute approximate surface area is 158 Å². The number of nitrogens with zero attached hydrogens (tertiary/aromatic N) is 4. The average Bonchev–Trinajstić information content (AvgIpc) is 2.89. The first-order chi connectivity index (χ1) is 11.2. The second-order valence-electron chi connectivity index (χ2n) is 5.83. The Bertz CT molecular complexity index is 790. The number of thiazole rings is 1. The van der Waals surface area contributed by atoms with E-state index in [0.29, 0.717) is 18.2 Å². The lowest BCUT2D eigenvalue weighted by Crippen LogP contribution is -2.43. The number of para-hydroxylation sites is 1. The monoisotopic (exact) mass is 406 g/mol. The first-order valence-electron chi connectivity index (χ1n) is 7.40. The number of fused-ring (bicyclic) bond motifs is 1. The number of hydrogen-bond acceptors (Lipinski definition) is 6. The van der Waals surface area contributed by atoms with Gasteiger partial charge in [-0.25, -0.2) is 13.4 Å². The molecule has 1 aromatic carbocycles. The summed E-state index contributed by atoms with van der Waals surface area (Å²) in [5, 5.41) is 0.588. The summed E-state index contributed by atoms with van der Waals surface area (Å²) in [4.78, 5) is 20.7. The van der Waals surface area contributed by atoms with Crippen LogP contribution in [0.25, 0.3) is 10.2 Å². The number of rotatable bonds is 7. The highest BCUT2D eigenvalue weighted by Crippen LogP contribution is 2.28. The van der Waals surface area contributed by atoms with Crippen LogP contribution in [0.2, 0.25) is 0 Å². The van der Waals surface area contributed by atoms with Crippen molar-refractivity contribution in [2.45, 2.75) is 0 Å². The van der Waals surface area contributed by atoms with E-state index in [-0.39, 0.29) is 24.9 Å². The number of amides is 1. The summed E-state index contributed by atoms with van der Waals surface area (Å²) in [6, 6.07) is 7.67. The summed E-state index contributed by atoms with van der Waals surface area (Å²) in [5.74, 6) is -0.288. The zero-order valence-electron chi connectivity index (χ0n) is 14.7. The minimum Gasteiger partial charge on any atom is -0.308 e. The van der Waals surface area contributed by atoms with Gasteiger partial charge in [0.25, 0.3) is 0 Å². The van der Waals surface area contributed by atoms with Crippen molar-refractivity contribution in [3.05, 3.63) is 24.3 Å². The molecule has 140 valence electrons. The largest absolute Gasteiger partial charge is 0.308 e. The molecule has 2 rings (SSSR count). The smallest absolute Gasteiger partial charge is 0.244 e. The van der Waals surface area contributed by atoms with Crippen molar-refractivity contribution in [3.8, 4) is 0 Å². The van der Waals surface area contributed by atoms with Gasteiger partial charge in [-0.3, -0.25) is 9.69 Å². The van der Waals surface area contributed by atoms with Gasteiger partial charge in [0.2, 0.25) is 15.9 Å². The molecule has 2 aromatic rings. The number of sulfonamides is 1. The van der Waals surface area contributed by atoms with Gasteiger partial charge in [-0.15, -0.1) is 12.4 Å². The molecule has 0 aliphatic heterocycles. The maximum Gasteiger partial charge on any atom is 0.244 e. The van der Waals surface area contributed by atoms with E-state index in [9.17, 15) is 13.2 Å². The Morgan fingerprint density at radius 1 is 1.16 bits per heavy atom. The van der Waals surface area contributed by atoms with Gasteiger partial charge in [-0.1, -0.05) is 23.5 Å². The van der Waals surface area contributed by atoms with E-state index in [0.717, 1.165) is 20.8 Å². The number of aromatic nitrogens is 1. The molecule has 25 heavy (non-hydrogen) atoms. The highest BCUT2D eigenvalue weighted by Gasteiger charge is 2.23. The van der Waals surface area contributed by atoms with E-state index >= 15 is 0 Å². The second kappa shape index (κ2) is 8.91. The van der Waals surface area contributed by atoms with E-state index in [1.165, 1.54) is 18.4 Å². The normalized spacial score (nSPS) is 11.8. The molecule has 0 fully saturated rings. The molecule has 1 aromatic heterocycles. The Balaban J connectivity index is 0.00000312. The third-order valence-electron chi connectivity index (χ3n) is 3.51. The molecule has 1 heterocycles. The van der Waals surface area contributed by atoms with Crippen LogP contribution in [0.5, 0.6) is 0 Å². The number of hydrogen-bond donors (Lipinski definition) is 0. The molecular weight excluding hydrogens is 384 g/mol. The van der Waals surface area contributed by atoms with Crippen LogP contribution in [0.3, 0.4) is 0 Å². The van der Waals surface area contributed by atoms with Crippen molar-refractivity contribution in [3.63, 3.8) is 0 Å². The third kappa shape index (κ3) is 5.89. The van der Waals surface area contributed by atoms with Crippen molar-refractivity contribution in [1.82, 2.24) is 14.2 Å². The van der Waals surface area contributed by atoms with Crippen molar-refractivity contribution in [1.29, 1.82) is 0 Å². The summed E-state index contributed by atoms with van der Waals surface area (Å²) in [7, 11) is 1.83. The van der Waals surface area contributed by atoms with Gasteiger partial charge in [-0.2, -0.15) is 4.31 Å². The van der Waals surface area contributed by atoms with Crippen LogP contribution >= 0.6 is 23.7 Å². The number of anilines is 1. The van der Waals surface area contributed by atoms with Gasteiger partial charge in [0.05, 0.1) is 23.0 Å². The van der Waals surface area contributed by atoms with Crippen LogP contribution in [-0.4, -0.2) is 75.5 Å². The molecule has 0 saturated heterocycles. The Hall–Kier alpha value is -1.26. The van der Waals surface area contributed by atoms with Gasteiger partial charge in [0.15, 0.2) is 5.13 Å². The molecule has 0 atom stereocenters. The van der Waals surface area contributed by atoms with Crippen molar-refractivity contribution in [2.24, 2.45) is 0 Å². The number of halogens is 1. The highest BCUT2D eigenvalue weighted by atomic mass is 35.5. The zero-order valence-corrected chi connectivity index (χ0v) is 17.1. The maximum atomic E-state index is 12.7. The molecule has 0 unspecified atom stereocenters. The molecular formula is C15H23ClN4O3S2. The van der Waals surface area contributed by atoms with E-state index < -0.39 is 10.0 Å². The molecule has 0 aliphatic rings. The van der Waals surface area contributed by atoms with Crippen LogP contribution < -0.4 is 4.90 Å². The summed E-state index contributed by atoms with van der Waals surface area (Å²) in [5.41, 5.74) is 0.830. The molecule has 0 spiro atoms. The summed E-state index contributed by atoms with van der Waals surface area (Å²) >= 11 is 1.43. The highest BCUT2D eigenvalue weighted by molar-refractivity contribution is 7.88. The molecule has 10 heteroatoms. The Kier molecular flexibility index (Phi) is 7.76. The van der Waals surface area contributed by atoms with E-state index in [1.807, 2.05) is 43.3 Å². The quantitative estimate of drug-likeness (QED) is 0.696. The van der Waals surface area contributed by atoms with Crippen LogP contribution in [-0.2, 0) is 14.8 Å². The molecule has 0 radical (unpaired) electrons. The van der Waals surface area contributed by atoms with Crippen molar-refractivity contribution < 1.29 is 13.2 Å². The number of carbonyl (C=O) groups excluding carboxylic acids is 1. The van der Waals surface area contributed by atoms with Crippen molar-refractivity contribution in [2.75, 3.05) is 51.9 Å². The van der Waals surface area contributed by atoms with Gasteiger partial charge in [-0.05, 0) is 26.2 Å². The van der Waals surface area contributed by atoms with Gasteiger partial charge in [0, 0.05) is 20.1 Å². The number of benzene rings is 1. The van der Waals surface area contributed by atoms with Crippen LogP contribution in [0.1, 0.15) is 0 Å². The zero-order chi connectivity index (χ0) is 17.9. The second-order valence-corrected chi connectivity index (χ2v) is 8.93. The number of carbonyl (C=O) groups is 1. The first kappa shape index (κ1) is 21.8. The summed E-state index contributed by atoms with van der Waals surface area (Å²) in [6.07, 6.45) is 1.09. The SMILES string of the molecule is CN(C)CCN(C(=O)CN(C)S(C)(=O)=O)c1nc2ccccc2s1.Cl. The van der Waals surface area contributed by atoms with Crippen LogP contribution in [0, 0.1) is 0 Å². The molecule has 1 amide bonds. The fourth-order valence-electron chi connectivity index (χ4n) is 2.00. The van der Waals surface area contributed by atoms with Gasteiger partial charge in [0.1, 0.15) is 0 Å². The fourth-order valence-corrected chi connectivity index (χ4v) is 3.35. The summed E-state index contributed by atoms with van der Waals surface area (Å²) in [6.45, 7) is 0.899. The van der Waals surface area contributed by atoms with E-state index in [4.69, 9.17) is 0 Å². The predicted octanol–water partition coefficient (Wildman–Crippen LogP) is 1.50. The van der Waals surface area contributed by atoms with Gasteiger partial charge >= 0.3 is 0 Å². The van der Waals surface area contributed by atoms with E-state index in [2.05, 4.69) is 4.98 Å². The lowest BCUT2D eigenvalue weighted by atomic mass is 10.3. The minimum absolute atomic E-state index is 0. The maximum absolute atomic E-state index is 12.7.